The molecule has 0 saturated heterocycles. The summed E-state index contributed by atoms with van der Waals surface area (Å²) in [5, 5.41) is 6.74. The molecule has 0 saturated carbocycles. The fourth-order valence-corrected chi connectivity index (χ4v) is 2.44. The summed E-state index contributed by atoms with van der Waals surface area (Å²) in [5.41, 5.74) is 2.46. The molecule has 0 spiro atoms. The van der Waals surface area contributed by atoms with Gasteiger partial charge in [-0.3, -0.25) is 0 Å². The predicted octanol–water partition coefficient (Wildman–Crippen LogP) is 3.91. The summed E-state index contributed by atoms with van der Waals surface area (Å²) in [6.07, 6.45) is 3.49. The zero-order chi connectivity index (χ0) is 17.7. The van der Waals surface area contributed by atoms with Crippen LogP contribution < -0.4 is 10.6 Å². The normalized spacial score (nSPS) is 11.1. The Bertz CT molecular complexity index is 630. The number of nitrogens with zero attached hydrogens (tertiary/aromatic N) is 1. The Labute approximate surface area is 173 Å². The third kappa shape index (κ3) is 9.24. The van der Waals surface area contributed by atoms with Crippen LogP contribution in [0.15, 0.2) is 52.1 Å². The fraction of sp³-hybridized carbons (Fsp3) is 0.450. The molecule has 6 heteroatoms. The van der Waals surface area contributed by atoms with E-state index in [1.807, 2.05) is 19.1 Å². The van der Waals surface area contributed by atoms with Gasteiger partial charge in [0.15, 0.2) is 5.96 Å². The number of aliphatic imine (C=N–C) groups is 1. The molecule has 0 aliphatic heterocycles. The fourth-order valence-electron chi connectivity index (χ4n) is 2.44. The molecule has 5 nitrogen and oxygen atoms in total. The van der Waals surface area contributed by atoms with Gasteiger partial charge in [0.05, 0.1) is 12.8 Å². The van der Waals surface area contributed by atoms with Crippen LogP contribution in [0.1, 0.15) is 30.2 Å². The van der Waals surface area contributed by atoms with Gasteiger partial charge < -0.3 is 19.8 Å². The van der Waals surface area contributed by atoms with Gasteiger partial charge >= 0.3 is 0 Å². The van der Waals surface area contributed by atoms with Crippen molar-refractivity contribution in [1.29, 1.82) is 0 Å². The van der Waals surface area contributed by atoms with Crippen LogP contribution in [0.4, 0.5) is 0 Å². The Morgan fingerprint density at radius 3 is 2.73 bits per heavy atom. The first-order valence-electron chi connectivity index (χ1n) is 8.96. The first kappa shape index (κ1) is 22.5. The van der Waals surface area contributed by atoms with Crippen molar-refractivity contribution in [2.45, 2.75) is 33.2 Å². The molecule has 144 valence electrons. The van der Waals surface area contributed by atoms with Gasteiger partial charge in [-0.05, 0) is 38.0 Å². The Morgan fingerprint density at radius 2 is 2.00 bits per heavy atom. The highest BCUT2D eigenvalue weighted by Gasteiger charge is 2.01. The molecule has 0 bridgehead atoms. The van der Waals surface area contributed by atoms with E-state index in [1.165, 1.54) is 11.1 Å². The SMILES string of the molecule is CCOCCCNC(=NCc1cccc(C)c1)NCCc1ccco1.I. The number of guanidine groups is 1. The van der Waals surface area contributed by atoms with Crippen LogP contribution in [-0.2, 0) is 17.7 Å². The Morgan fingerprint density at radius 1 is 1.15 bits per heavy atom. The third-order valence-corrected chi connectivity index (χ3v) is 3.71. The minimum Gasteiger partial charge on any atom is -0.469 e. The van der Waals surface area contributed by atoms with E-state index in [0.29, 0.717) is 6.54 Å². The average Bonchev–Trinajstić information content (AvgIpc) is 3.12. The number of hydrogen-bond acceptors (Lipinski definition) is 3. The molecule has 2 rings (SSSR count). The second kappa shape index (κ2) is 13.6. The molecule has 0 aliphatic carbocycles. The summed E-state index contributed by atoms with van der Waals surface area (Å²) in [5.74, 6) is 1.80. The van der Waals surface area contributed by atoms with E-state index in [9.17, 15) is 0 Å². The summed E-state index contributed by atoms with van der Waals surface area (Å²) in [4.78, 5) is 4.69. The van der Waals surface area contributed by atoms with Gasteiger partial charge in [-0.25, -0.2) is 4.99 Å². The van der Waals surface area contributed by atoms with Crippen LogP contribution in [0, 0.1) is 6.92 Å². The Hall–Kier alpha value is -1.54. The number of aryl methyl sites for hydroxylation is 1. The lowest BCUT2D eigenvalue weighted by Gasteiger charge is -2.12. The summed E-state index contributed by atoms with van der Waals surface area (Å²) >= 11 is 0. The molecular weight excluding hydrogens is 441 g/mol. The van der Waals surface area contributed by atoms with E-state index in [0.717, 1.165) is 50.9 Å². The van der Waals surface area contributed by atoms with E-state index in [-0.39, 0.29) is 24.0 Å². The molecule has 1 heterocycles. The Kier molecular flexibility index (Phi) is 11.8. The zero-order valence-corrected chi connectivity index (χ0v) is 18.0. The molecule has 0 amide bonds. The van der Waals surface area contributed by atoms with E-state index in [1.54, 1.807) is 6.26 Å². The number of halogens is 1. The molecule has 0 fully saturated rings. The zero-order valence-electron chi connectivity index (χ0n) is 15.7. The lowest BCUT2D eigenvalue weighted by atomic mass is 10.1. The van der Waals surface area contributed by atoms with E-state index in [4.69, 9.17) is 14.1 Å². The lowest BCUT2D eigenvalue weighted by molar-refractivity contribution is 0.145. The van der Waals surface area contributed by atoms with E-state index >= 15 is 0 Å². The topological polar surface area (TPSA) is 58.8 Å². The van der Waals surface area contributed by atoms with E-state index < -0.39 is 0 Å². The summed E-state index contributed by atoms with van der Waals surface area (Å²) in [7, 11) is 0. The minimum atomic E-state index is 0. The highest BCUT2D eigenvalue weighted by Crippen LogP contribution is 2.05. The first-order valence-corrected chi connectivity index (χ1v) is 8.96. The summed E-state index contributed by atoms with van der Waals surface area (Å²) in [6, 6.07) is 12.3. The molecule has 0 aliphatic rings. The molecule has 1 aromatic heterocycles. The van der Waals surface area contributed by atoms with Crippen LogP contribution in [-0.4, -0.2) is 32.3 Å². The van der Waals surface area contributed by atoms with Crippen LogP contribution in [0.25, 0.3) is 0 Å². The number of furan rings is 1. The molecule has 0 radical (unpaired) electrons. The predicted molar refractivity (Wildman–Crippen MR) is 117 cm³/mol. The van der Waals surface area contributed by atoms with Crippen molar-refractivity contribution in [3.05, 3.63) is 59.5 Å². The number of benzene rings is 1. The van der Waals surface area contributed by atoms with Gasteiger partial charge in [0.1, 0.15) is 5.76 Å². The highest BCUT2D eigenvalue weighted by molar-refractivity contribution is 14.0. The van der Waals surface area contributed by atoms with Crippen LogP contribution in [0.5, 0.6) is 0 Å². The van der Waals surface area contributed by atoms with Gasteiger partial charge in [-0.1, -0.05) is 29.8 Å². The van der Waals surface area contributed by atoms with Crippen LogP contribution in [0.2, 0.25) is 0 Å². The van der Waals surface area contributed by atoms with Crippen molar-refractivity contribution in [1.82, 2.24) is 10.6 Å². The largest absolute Gasteiger partial charge is 0.469 e. The van der Waals surface area contributed by atoms with Crippen molar-refractivity contribution >= 4 is 29.9 Å². The van der Waals surface area contributed by atoms with Crippen LogP contribution >= 0.6 is 24.0 Å². The summed E-state index contributed by atoms with van der Waals surface area (Å²) < 4.78 is 10.7. The molecular formula is C20H30IN3O2. The van der Waals surface area contributed by atoms with Gasteiger partial charge in [-0.15, -0.1) is 24.0 Å². The number of ether oxygens (including phenoxy) is 1. The molecule has 2 aromatic rings. The average molecular weight is 471 g/mol. The number of rotatable bonds is 10. The highest BCUT2D eigenvalue weighted by atomic mass is 127. The molecule has 0 unspecified atom stereocenters. The van der Waals surface area contributed by atoms with Gasteiger partial charge in [0.2, 0.25) is 0 Å². The quantitative estimate of drug-likeness (QED) is 0.239. The second-order valence-corrected chi connectivity index (χ2v) is 5.89. The standard InChI is InChI=1S/C20H29N3O2.HI/c1-3-24-13-6-11-21-20(22-12-10-19-9-5-14-25-19)23-16-18-8-4-7-17(2)15-18;/h4-5,7-9,14-15H,3,6,10-13,16H2,1-2H3,(H2,21,22,23);1H. The summed E-state index contributed by atoms with van der Waals surface area (Å²) in [6.45, 7) is 7.90. The molecule has 1 aromatic carbocycles. The lowest BCUT2D eigenvalue weighted by Crippen LogP contribution is -2.39. The first-order chi connectivity index (χ1) is 12.3. The molecule has 0 atom stereocenters. The smallest absolute Gasteiger partial charge is 0.191 e. The maximum atomic E-state index is 5.38. The monoisotopic (exact) mass is 471 g/mol. The second-order valence-electron chi connectivity index (χ2n) is 5.89. The maximum Gasteiger partial charge on any atom is 0.191 e. The van der Waals surface area contributed by atoms with Crippen molar-refractivity contribution in [2.75, 3.05) is 26.3 Å². The number of hydrogen-bond donors (Lipinski definition) is 2. The van der Waals surface area contributed by atoms with Crippen molar-refractivity contribution in [3.63, 3.8) is 0 Å². The minimum absolute atomic E-state index is 0. The third-order valence-electron chi connectivity index (χ3n) is 3.71. The van der Waals surface area contributed by atoms with Gasteiger partial charge in [-0.2, -0.15) is 0 Å². The van der Waals surface area contributed by atoms with Crippen LogP contribution in [0.3, 0.4) is 0 Å². The van der Waals surface area contributed by atoms with Gasteiger partial charge in [0.25, 0.3) is 0 Å². The van der Waals surface area contributed by atoms with E-state index in [2.05, 4.69) is 41.8 Å². The Balaban J connectivity index is 0.00000338. The maximum absolute atomic E-state index is 5.38. The van der Waals surface area contributed by atoms with Crippen molar-refractivity contribution < 1.29 is 9.15 Å². The number of nitrogens with one attached hydrogen (secondary N) is 2. The van der Waals surface area contributed by atoms with Gasteiger partial charge in [0, 0.05) is 32.7 Å². The van der Waals surface area contributed by atoms with Crippen molar-refractivity contribution in [3.8, 4) is 0 Å². The molecule has 26 heavy (non-hydrogen) atoms. The van der Waals surface area contributed by atoms with Crippen molar-refractivity contribution in [2.24, 2.45) is 4.99 Å². The molecule has 2 N–H and O–H groups in total.